The molecule has 4 aromatic rings. The van der Waals surface area contributed by atoms with Gasteiger partial charge in [0.2, 0.25) is 0 Å². The van der Waals surface area contributed by atoms with Gasteiger partial charge >= 0.3 is 5.97 Å². The van der Waals surface area contributed by atoms with Crippen molar-refractivity contribution in [2.24, 2.45) is 0 Å². The zero-order chi connectivity index (χ0) is 27.1. The van der Waals surface area contributed by atoms with E-state index in [1.165, 1.54) is 13.2 Å². The Kier molecular flexibility index (Phi) is 9.21. The summed E-state index contributed by atoms with van der Waals surface area (Å²) in [6.45, 7) is 3.09. The zero-order valence-corrected chi connectivity index (χ0v) is 22.6. The van der Waals surface area contributed by atoms with Crippen LogP contribution < -0.4 is 4.74 Å². The largest absolute Gasteiger partial charge is 0.494 e. The fourth-order valence-electron chi connectivity index (χ4n) is 3.92. The van der Waals surface area contributed by atoms with Crippen LogP contribution in [-0.4, -0.2) is 29.2 Å². The molecule has 0 amide bonds. The van der Waals surface area contributed by atoms with Crippen LogP contribution in [0.1, 0.15) is 31.2 Å². The molecule has 0 unspecified atom stereocenters. The molecule has 196 valence electrons. The first-order chi connectivity index (χ1) is 18.4. The van der Waals surface area contributed by atoms with Gasteiger partial charge in [-0.2, -0.15) is 0 Å². The number of ether oxygens (including phenoxy) is 2. The maximum absolute atomic E-state index is 15.1. The van der Waals surface area contributed by atoms with Crippen LogP contribution in [-0.2, 0) is 16.1 Å². The number of aromatic nitrogens is 2. The third-order valence-electron chi connectivity index (χ3n) is 5.96. The first-order valence-electron chi connectivity index (χ1n) is 12.2. The maximum Gasteiger partial charge on any atom is 0.305 e. The third-order valence-corrected chi connectivity index (χ3v) is 6.50. The van der Waals surface area contributed by atoms with Gasteiger partial charge in [-0.3, -0.25) is 4.79 Å². The lowest BCUT2D eigenvalue weighted by Gasteiger charge is -2.09. The quantitative estimate of drug-likeness (QED) is 0.147. The monoisotopic (exact) mass is 552 g/mol. The smallest absolute Gasteiger partial charge is 0.305 e. The van der Waals surface area contributed by atoms with E-state index in [-0.39, 0.29) is 11.8 Å². The Morgan fingerprint density at radius 3 is 2.61 bits per heavy atom. The molecule has 0 saturated heterocycles. The van der Waals surface area contributed by atoms with E-state index in [9.17, 15) is 4.79 Å². The Morgan fingerprint density at radius 2 is 1.87 bits per heavy atom. The van der Waals surface area contributed by atoms with Crippen LogP contribution in [0.3, 0.4) is 0 Å². The molecule has 0 fully saturated rings. The lowest BCUT2D eigenvalue weighted by Crippen LogP contribution is -2.04. The average molecular weight is 553 g/mol. The number of esters is 1. The number of rotatable bonds is 10. The second kappa shape index (κ2) is 12.8. The molecule has 0 radical (unpaired) electrons. The predicted molar refractivity (Wildman–Crippen MR) is 151 cm³/mol. The van der Waals surface area contributed by atoms with E-state index in [4.69, 9.17) is 32.9 Å². The van der Waals surface area contributed by atoms with Gasteiger partial charge in [-0.25, -0.2) is 9.37 Å². The summed E-state index contributed by atoms with van der Waals surface area (Å²) in [6, 6.07) is 17.8. The number of halogens is 3. The van der Waals surface area contributed by atoms with E-state index >= 15 is 4.39 Å². The molecular formula is C30H27Cl2FN2O3. The molecular weight excluding hydrogens is 526 g/mol. The van der Waals surface area contributed by atoms with Gasteiger partial charge in [0.25, 0.3) is 0 Å². The lowest BCUT2D eigenvalue weighted by molar-refractivity contribution is -0.140. The van der Waals surface area contributed by atoms with Crippen LogP contribution in [0.25, 0.3) is 34.5 Å². The average Bonchev–Trinajstić information content (AvgIpc) is 3.33. The first-order valence-corrected chi connectivity index (χ1v) is 12.9. The molecule has 0 saturated carbocycles. The van der Waals surface area contributed by atoms with Crippen molar-refractivity contribution in [1.29, 1.82) is 0 Å². The Morgan fingerprint density at radius 1 is 1.05 bits per heavy atom. The summed E-state index contributed by atoms with van der Waals surface area (Å²) in [7, 11) is 1.36. The molecule has 3 aromatic carbocycles. The number of imidazole rings is 1. The summed E-state index contributed by atoms with van der Waals surface area (Å²) in [5, 5.41) is 1.08. The number of aryl methyl sites for hydroxylation is 1. The Bertz CT molecular complexity index is 1470. The summed E-state index contributed by atoms with van der Waals surface area (Å²) in [4.78, 5) is 15.9. The number of nitrogens with zero attached hydrogens (tertiary/aromatic N) is 2. The molecule has 1 aromatic heterocycles. The van der Waals surface area contributed by atoms with E-state index in [2.05, 4.69) is 4.74 Å². The SMILES string of the molecule is CCn1cc(-c2ccc(Cl)cc2Cl)nc1C=Cc1ccc(-c2cccc(OCCCC(=O)OC)c2)cc1F. The van der Waals surface area contributed by atoms with E-state index in [0.29, 0.717) is 53.2 Å². The van der Waals surface area contributed by atoms with Crippen molar-refractivity contribution < 1.29 is 18.7 Å². The molecule has 0 bridgehead atoms. The number of carbonyl (C=O) groups excluding carboxylic acids is 1. The van der Waals surface area contributed by atoms with Crippen molar-refractivity contribution in [3.63, 3.8) is 0 Å². The van der Waals surface area contributed by atoms with E-state index in [0.717, 1.165) is 22.4 Å². The standard InChI is InChI=1S/C30H27Cl2FN2O3/c1-3-35-19-28(25-13-12-23(31)18-26(25)32)34-29(35)14-11-20-9-10-22(17-27(20)33)21-6-4-7-24(16-21)38-15-5-8-30(36)37-2/h4,6-7,9-14,16-19H,3,5,8,15H2,1-2H3. The molecule has 0 aliphatic carbocycles. The number of carbonyl (C=O) groups is 1. The van der Waals surface area contributed by atoms with Gasteiger partial charge in [0.1, 0.15) is 17.4 Å². The lowest BCUT2D eigenvalue weighted by atomic mass is 10.0. The maximum atomic E-state index is 15.1. The third kappa shape index (κ3) is 6.82. The highest BCUT2D eigenvalue weighted by atomic mass is 35.5. The van der Waals surface area contributed by atoms with Crippen LogP contribution in [0.5, 0.6) is 5.75 Å². The highest BCUT2D eigenvalue weighted by Gasteiger charge is 2.11. The molecule has 1 heterocycles. The van der Waals surface area contributed by atoms with Crippen LogP contribution in [0, 0.1) is 5.82 Å². The first kappa shape index (κ1) is 27.4. The second-order valence-corrected chi connectivity index (χ2v) is 9.36. The minimum atomic E-state index is -0.348. The van der Waals surface area contributed by atoms with Gasteiger partial charge in [0.15, 0.2) is 0 Å². The Hall–Kier alpha value is -3.61. The minimum Gasteiger partial charge on any atom is -0.494 e. The number of hydrogen-bond acceptors (Lipinski definition) is 4. The molecule has 38 heavy (non-hydrogen) atoms. The predicted octanol–water partition coefficient (Wildman–Crippen LogP) is 8.19. The van der Waals surface area contributed by atoms with Crippen molar-refractivity contribution in [2.75, 3.05) is 13.7 Å². The van der Waals surface area contributed by atoms with Crippen molar-refractivity contribution >= 4 is 41.3 Å². The number of benzene rings is 3. The van der Waals surface area contributed by atoms with E-state index in [1.54, 1.807) is 30.4 Å². The molecule has 4 rings (SSSR count). The van der Waals surface area contributed by atoms with Gasteiger partial charge in [-0.1, -0.05) is 47.5 Å². The van der Waals surface area contributed by atoms with Crippen LogP contribution >= 0.6 is 23.2 Å². The molecule has 0 spiro atoms. The van der Waals surface area contributed by atoms with Crippen molar-refractivity contribution in [3.8, 4) is 28.1 Å². The Balaban J connectivity index is 1.48. The zero-order valence-electron chi connectivity index (χ0n) is 21.1. The number of hydrogen-bond donors (Lipinski definition) is 0. The highest BCUT2D eigenvalue weighted by Crippen LogP contribution is 2.31. The summed E-state index contributed by atoms with van der Waals surface area (Å²) in [5.74, 6) is 0.726. The van der Waals surface area contributed by atoms with Gasteiger partial charge in [0, 0.05) is 35.3 Å². The number of methoxy groups -OCH3 is 1. The van der Waals surface area contributed by atoms with E-state index < -0.39 is 0 Å². The molecule has 0 aliphatic heterocycles. The second-order valence-electron chi connectivity index (χ2n) is 8.52. The van der Waals surface area contributed by atoms with Gasteiger partial charge in [0.05, 0.1) is 24.4 Å². The van der Waals surface area contributed by atoms with Crippen molar-refractivity contribution in [1.82, 2.24) is 9.55 Å². The summed E-state index contributed by atoms with van der Waals surface area (Å²) >= 11 is 12.4. The van der Waals surface area contributed by atoms with Crippen molar-refractivity contribution in [3.05, 3.63) is 94.1 Å². The van der Waals surface area contributed by atoms with E-state index in [1.807, 2.05) is 54.1 Å². The van der Waals surface area contributed by atoms with Gasteiger partial charge < -0.3 is 14.0 Å². The summed E-state index contributed by atoms with van der Waals surface area (Å²) < 4.78 is 27.4. The fraction of sp³-hybridized carbons (Fsp3) is 0.200. The minimum absolute atomic E-state index is 0.267. The molecule has 8 heteroatoms. The molecule has 0 aliphatic rings. The molecule has 0 N–H and O–H groups in total. The molecule has 0 atom stereocenters. The molecule has 5 nitrogen and oxygen atoms in total. The van der Waals surface area contributed by atoms with Gasteiger partial charge in [-0.05, 0) is 73.0 Å². The normalized spacial score (nSPS) is 11.2. The van der Waals surface area contributed by atoms with Crippen LogP contribution in [0.15, 0.2) is 66.9 Å². The highest BCUT2D eigenvalue weighted by molar-refractivity contribution is 6.36. The Labute approximate surface area is 231 Å². The van der Waals surface area contributed by atoms with Gasteiger partial charge in [-0.15, -0.1) is 0 Å². The topological polar surface area (TPSA) is 53.4 Å². The van der Waals surface area contributed by atoms with Crippen LogP contribution in [0.4, 0.5) is 4.39 Å². The summed E-state index contributed by atoms with van der Waals surface area (Å²) in [5.41, 5.74) is 3.51. The van der Waals surface area contributed by atoms with Crippen LogP contribution in [0.2, 0.25) is 10.0 Å². The van der Waals surface area contributed by atoms with Crippen molar-refractivity contribution in [2.45, 2.75) is 26.3 Å². The fourth-order valence-corrected chi connectivity index (χ4v) is 4.43. The summed E-state index contributed by atoms with van der Waals surface area (Å²) in [6.07, 6.45) is 6.26.